The highest BCUT2D eigenvalue weighted by Crippen LogP contribution is 2.44. The Kier molecular flexibility index (Phi) is 4.15. The van der Waals surface area contributed by atoms with Crippen LogP contribution in [0.15, 0.2) is 48.5 Å². The molecule has 3 rings (SSSR count). The van der Waals surface area contributed by atoms with Crippen LogP contribution in [0.1, 0.15) is 24.0 Å². The van der Waals surface area contributed by atoms with Gasteiger partial charge in [0.15, 0.2) is 0 Å². The Hall–Kier alpha value is -2.62. The van der Waals surface area contributed by atoms with Crippen LogP contribution < -0.4 is 0 Å². The Bertz CT molecular complexity index is 708. The van der Waals surface area contributed by atoms with Gasteiger partial charge in [-0.1, -0.05) is 48.5 Å². The van der Waals surface area contributed by atoms with Crippen molar-refractivity contribution in [3.63, 3.8) is 0 Å². The molecule has 0 bridgehead atoms. The number of ketones is 1. The average Bonchev–Trinajstić information content (AvgIpc) is 2.86. The van der Waals surface area contributed by atoms with Gasteiger partial charge in [-0.25, -0.2) is 4.79 Å². The third kappa shape index (κ3) is 2.97. The van der Waals surface area contributed by atoms with Gasteiger partial charge in [0, 0.05) is 13.0 Å². The number of carbonyl (C=O) groups excluding carboxylic acids is 2. The van der Waals surface area contributed by atoms with E-state index in [4.69, 9.17) is 4.74 Å². The minimum atomic E-state index is -0.470. The number of carbonyl (C=O) groups is 2. The number of benzene rings is 2. The maximum Gasteiger partial charge on any atom is 0.409 e. The molecule has 0 N–H and O–H groups in total. The lowest BCUT2D eigenvalue weighted by atomic mass is 9.98. The first-order chi connectivity index (χ1) is 11.1. The summed E-state index contributed by atoms with van der Waals surface area (Å²) in [6.45, 7) is 1.79. The largest absolute Gasteiger partial charge is 0.448 e. The molecule has 4 nitrogen and oxygen atoms in total. The van der Waals surface area contributed by atoms with Gasteiger partial charge < -0.3 is 9.64 Å². The van der Waals surface area contributed by atoms with E-state index in [0.717, 1.165) is 0 Å². The Morgan fingerprint density at radius 2 is 1.52 bits per heavy atom. The molecule has 0 heterocycles. The van der Waals surface area contributed by atoms with E-state index in [-0.39, 0.29) is 24.9 Å². The van der Waals surface area contributed by atoms with Crippen molar-refractivity contribution in [1.29, 1.82) is 0 Å². The van der Waals surface area contributed by atoms with Crippen molar-refractivity contribution in [2.45, 2.75) is 12.8 Å². The van der Waals surface area contributed by atoms with E-state index in [0.29, 0.717) is 0 Å². The predicted octanol–water partition coefficient (Wildman–Crippen LogP) is 3.46. The Morgan fingerprint density at radius 1 is 1.00 bits per heavy atom. The molecule has 1 aliphatic rings. The molecule has 2 aromatic rings. The van der Waals surface area contributed by atoms with Gasteiger partial charge in [0.05, 0.1) is 6.54 Å². The number of fused-ring (bicyclic) bond motifs is 3. The molecule has 1 aliphatic carbocycles. The fourth-order valence-corrected chi connectivity index (χ4v) is 3.10. The molecule has 2 aromatic carbocycles. The number of likely N-dealkylation sites (N-methyl/N-ethyl adjacent to an activating group) is 1. The van der Waals surface area contributed by atoms with Crippen molar-refractivity contribution in [2.24, 2.45) is 0 Å². The molecule has 0 radical (unpaired) electrons. The Balaban J connectivity index is 1.78. The molecule has 0 spiro atoms. The SMILES string of the molecule is CC(=O)CN(C)C(=O)OCC1c2ccccc2-c2ccccc21. The predicted molar refractivity (Wildman–Crippen MR) is 88.4 cm³/mol. The maximum atomic E-state index is 12.0. The van der Waals surface area contributed by atoms with E-state index in [1.54, 1.807) is 7.05 Å². The van der Waals surface area contributed by atoms with E-state index in [1.807, 2.05) is 24.3 Å². The van der Waals surface area contributed by atoms with Crippen LogP contribution in [0.25, 0.3) is 11.1 Å². The first-order valence-electron chi connectivity index (χ1n) is 7.63. The molecule has 4 heteroatoms. The molecule has 0 fully saturated rings. The summed E-state index contributed by atoms with van der Waals surface area (Å²) in [4.78, 5) is 24.4. The van der Waals surface area contributed by atoms with Crippen molar-refractivity contribution >= 4 is 11.9 Å². The number of amides is 1. The number of Topliss-reactive ketones (excluding diaryl/α,β-unsaturated/α-hetero) is 1. The monoisotopic (exact) mass is 309 g/mol. The standard InChI is InChI=1S/C19H19NO3/c1-13(21)11-20(2)19(22)23-12-18-16-9-5-3-7-14(16)15-8-4-6-10-17(15)18/h3-10,18H,11-12H2,1-2H3. The quantitative estimate of drug-likeness (QED) is 0.869. The van der Waals surface area contributed by atoms with Crippen LogP contribution in [0, 0.1) is 0 Å². The van der Waals surface area contributed by atoms with E-state index in [2.05, 4.69) is 24.3 Å². The fourth-order valence-electron chi connectivity index (χ4n) is 3.10. The second-order valence-corrected chi connectivity index (χ2v) is 5.86. The highest BCUT2D eigenvalue weighted by Gasteiger charge is 2.29. The number of hydrogen-bond acceptors (Lipinski definition) is 3. The van der Waals surface area contributed by atoms with Crippen LogP contribution in [-0.4, -0.2) is 37.0 Å². The van der Waals surface area contributed by atoms with Crippen LogP contribution in [0.4, 0.5) is 4.79 Å². The molecule has 118 valence electrons. The molecular weight excluding hydrogens is 290 g/mol. The second kappa shape index (κ2) is 6.24. The van der Waals surface area contributed by atoms with Crippen LogP contribution in [0.2, 0.25) is 0 Å². The first kappa shape index (κ1) is 15.3. The summed E-state index contributed by atoms with van der Waals surface area (Å²) in [5.74, 6) is -0.0296. The molecule has 0 unspecified atom stereocenters. The smallest absolute Gasteiger partial charge is 0.409 e. The van der Waals surface area contributed by atoms with Crippen molar-refractivity contribution in [3.8, 4) is 11.1 Å². The summed E-state index contributed by atoms with van der Waals surface area (Å²) >= 11 is 0. The van der Waals surface area contributed by atoms with E-state index in [9.17, 15) is 9.59 Å². The Morgan fingerprint density at radius 3 is 2.04 bits per heavy atom. The number of nitrogens with zero attached hydrogens (tertiary/aromatic N) is 1. The first-order valence-corrected chi connectivity index (χ1v) is 7.63. The van der Waals surface area contributed by atoms with E-state index in [1.165, 1.54) is 34.1 Å². The highest BCUT2D eigenvalue weighted by molar-refractivity contribution is 5.82. The van der Waals surface area contributed by atoms with Gasteiger partial charge >= 0.3 is 6.09 Å². The van der Waals surface area contributed by atoms with Gasteiger partial charge in [0.25, 0.3) is 0 Å². The highest BCUT2D eigenvalue weighted by atomic mass is 16.6. The van der Waals surface area contributed by atoms with E-state index < -0.39 is 6.09 Å². The molecule has 23 heavy (non-hydrogen) atoms. The van der Waals surface area contributed by atoms with Gasteiger partial charge in [-0.15, -0.1) is 0 Å². The molecule has 0 aromatic heterocycles. The van der Waals surface area contributed by atoms with E-state index >= 15 is 0 Å². The van der Waals surface area contributed by atoms with Crippen LogP contribution >= 0.6 is 0 Å². The van der Waals surface area contributed by atoms with Crippen LogP contribution in [0.5, 0.6) is 0 Å². The topological polar surface area (TPSA) is 46.6 Å². The Labute approximate surface area is 135 Å². The van der Waals surface area contributed by atoms with Crippen molar-refractivity contribution in [3.05, 3.63) is 59.7 Å². The molecule has 0 atom stereocenters. The lowest BCUT2D eigenvalue weighted by Crippen LogP contribution is -2.32. The summed E-state index contributed by atoms with van der Waals surface area (Å²) in [6.07, 6.45) is -0.470. The lowest BCUT2D eigenvalue weighted by Gasteiger charge is -2.18. The number of hydrogen-bond donors (Lipinski definition) is 0. The minimum absolute atomic E-state index is 0.0390. The fraction of sp³-hybridized carbons (Fsp3) is 0.263. The zero-order valence-electron chi connectivity index (χ0n) is 13.3. The van der Waals surface area contributed by atoms with Crippen LogP contribution in [-0.2, 0) is 9.53 Å². The summed E-state index contributed by atoms with van der Waals surface area (Å²) < 4.78 is 5.44. The maximum absolute atomic E-state index is 12.0. The second-order valence-electron chi connectivity index (χ2n) is 5.86. The zero-order valence-corrected chi connectivity index (χ0v) is 13.3. The molecular formula is C19H19NO3. The molecule has 0 aliphatic heterocycles. The third-order valence-corrected chi connectivity index (χ3v) is 4.11. The van der Waals surface area contributed by atoms with Crippen molar-refractivity contribution < 1.29 is 14.3 Å². The molecule has 0 saturated carbocycles. The average molecular weight is 309 g/mol. The van der Waals surface area contributed by atoms with Crippen molar-refractivity contribution in [2.75, 3.05) is 20.2 Å². The normalized spacial score (nSPS) is 12.4. The number of rotatable bonds is 4. The van der Waals surface area contributed by atoms with Gasteiger partial charge in [-0.3, -0.25) is 4.79 Å². The molecule has 1 amide bonds. The van der Waals surface area contributed by atoms with Gasteiger partial charge in [0.2, 0.25) is 0 Å². The zero-order chi connectivity index (χ0) is 16.4. The summed E-state index contributed by atoms with van der Waals surface area (Å²) in [6, 6.07) is 16.4. The summed E-state index contributed by atoms with van der Waals surface area (Å²) in [5.41, 5.74) is 4.74. The van der Waals surface area contributed by atoms with Crippen molar-refractivity contribution in [1.82, 2.24) is 4.90 Å². The third-order valence-electron chi connectivity index (χ3n) is 4.11. The van der Waals surface area contributed by atoms with Gasteiger partial charge in [-0.2, -0.15) is 0 Å². The van der Waals surface area contributed by atoms with Crippen LogP contribution in [0.3, 0.4) is 0 Å². The van der Waals surface area contributed by atoms with Gasteiger partial charge in [-0.05, 0) is 29.2 Å². The minimum Gasteiger partial charge on any atom is -0.448 e. The summed E-state index contributed by atoms with van der Waals surface area (Å²) in [5, 5.41) is 0. The number of ether oxygens (including phenoxy) is 1. The summed E-state index contributed by atoms with van der Waals surface area (Å²) in [7, 11) is 1.57. The lowest BCUT2D eigenvalue weighted by molar-refractivity contribution is -0.117. The molecule has 0 saturated heterocycles. The van der Waals surface area contributed by atoms with Gasteiger partial charge in [0.1, 0.15) is 12.4 Å².